The minimum absolute atomic E-state index is 0.376. The summed E-state index contributed by atoms with van der Waals surface area (Å²) >= 11 is 0. The van der Waals surface area contributed by atoms with E-state index in [-0.39, 0.29) is 4.92 Å². The highest BCUT2D eigenvalue weighted by Gasteiger charge is 2.29. The molecule has 0 aromatic heterocycles. The van der Waals surface area contributed by atoms with Gasteiger partial charge in [0.15, 0.2) is 6.61 Å². The summed E-state index contributed by atoms with van der Waals surface area (Å²) in [7, 11) is 1.70. The molecule has 0 N–H and O–H groups in total. The van der Waals surface area contributed by atoms with Gasteiger partial charge in [-0.15, -0.1) is 0 Å². The number of morpholine rings is 1. The van der Waals surface area contributed by atoms with Crippen LogP contribution in [0.1, 0.15) is 0 Å². The summed E-state index contributed by atoms with van der Waals surface area (Å²) in [6, 6.07) is 0. The molecule has 10 heavy (non-hydrogen) atoms. The van der Waals surface area contributed by atoms with Gasteiger partial charge in [0.05, 0.1) is 6.61 Å². The van der Waals surface area contributed by atoms with E-state index in [9.17, 15) is 10.1 Å². The molecule has 1 unspecified atom stereocenters. The van der Waals surface area contributed by atoms with Gasteiger partial charge in [-0.2, -0.15) is 0 Å². The van der Waals surface area contributed by atoms with E-state index >= 15 is 0 Å². The van der Waals surface area contributed by atoms with Crippen LogP contribution in [-0.4, -0.2) is 36.2 Å². The fourth-order valence-corrected chi connectivity index (χ4v) is 0.798. The Kier molecular flexibility index (Phi) is 2.18. The van der Waals surface area contributed by atoms with Gasteiger partial charge in [-0.3, -0.25) is 10.1 Å². The Balaban J connectivity index is 2.47. The average molecular weight is 145 g/mol. The van der Waals surface area contributed by atoms with E-state index in [1.54, 1.807) is 11.9 Å². The summed E-state index contributed by atoms with van der Waals surface area (Å²) in [5, 5.41) is 10.2. The number of likely N-dealkylation sites (N-methyl/N-ethyl adjacent to an activating group) is 1. The first kappa shape index (κ1) is 7.43. The summed E-state index contributed by atoms with van der Waals surface area (Å²) in [6.07, 6.45) is -0.770. The van der Waals surface area contributed by atoms with E-state index in [0.717, 1.165) is 0 Å². The topological polar surface area (TPSA) is 55.6 Å². The van der Waals surface area contributed by atoms with Crippen molar-refractivity contribution in [2.24, 2.45) is 0 Å². The van der Waals surface area contributed by atoms with Crippen molar-refractivity contribution in [3.63, 3.8) is 0 Å². The molecule has 0 amide bonds. The van der Waals surface area contributed by atoms with Crippen LogP contribution in [0.5, 0.6) is 0 Å². The van der Waals surface area contributed by atoms with Gasteiger partial charge in [-0.25, -0.2) is 4.90 Å². The van der Waals surface area contributed by atoms with Gasteiger partial charge >= 0.3 is 0 Å². The first-order valence-electron chi connectivity index (χ1n) is 3.00. The Hall–Kier alpha value is -0.680. The molecule has 1 rings (SSSR count). The number of nitrogens with zero attached hydrogens (tertiary/aromatic N) is 2. The lowest BCUT2D eigenvalue weighted by Gasteiger charge is -2.24. The molecule has 0 saturated carbocycles. The highest BCUT2D eigenvalue weighted by molar-refractivity contribution is 4.71. The Morgan fingerprint density at radius 2 is 2.60 bits per heavy atom. The minimum Gasteiger partial charge on any atom is -0.365 e. The Bertz CT molecular complexity index is 139. The van der Waals surface area contributed by atoms with Crippen LogP contribution < -0.4 is 0 Å². The molecule has 5 nitrogen and oxygen atoms in total. The first-order valence-corrected chi connectivity index (χ1v) is 3.00. The Morgan fingerprint density at radius 3 is 3.00 bits per heavy atom. The molecule has 0 aromatic rings. The van der Waals surface area contributed by atoms with Crippen LogP contribution in [0.25, 0.3) is 0 Å². The third-order valence-electron chi connectivity index (χ3n) is 1.45. The summed E-state index contributed by atoms with van der Waals surface area (Å²) in [4.78, 5) is 11.5. The van der Waals surface area contributed by atoms with Crippen molar-refractivity contribution < 1.29 is 9.66 Å². The second-order valence-corrected chi connectivity index (χ2v) is 2.19. The largest absolute Gasteiger partial charge is 0.365 e. The van der Waals surface area contributed by atoms with Crippen LogP contribution >= 0.6 is 0 Å². The lowest BCUT2D eigenvalue weighted by molar-refractivity contribution is -0.548. The Labute approximate surface area is 58.7 Å². The second-order valence-electron chi connectivity index (χ2n) is 2.19. The fourth-order valence-electron chi connectivity index (χ4n) is 0.798. The van der Waals surface area contributed by atoms with Gasteiger partial charge in [0.1, 0.15) is 0 Å². The SMILES string of the molecule is CN1CCO[CH]C1[N+](=O)[O-]. The van der Waals surface area contributed by atoms with Gasteiger partial charge < -0.3 is 4.74 Å². The van der Waals surface area contributed by atoms with E-state index in [2.05, 4.69) is 0 Å². The van der Waals surface area contributed by atoms with Crippen LogP contribution in [0.2, 0.25) is 0 Å². The Morgan fingerprint density at radius 1 is 1.90 bits per heavy atom. The van der Waals surface area contributed by atoms with Crippen molar-refractivity contribution >= 4 is 0 Å². The van der Waals surface area contributed by atoms with Crippen LogP contribution in [0.3, 0.4) is 0 Å². The maximum absolute atomic E-state index is 10.2. The summed E-state index contributed by atoms with van der Waals surface area (Å²) in [5.74, 6) is 0. The normalized spacial score (nSPS) is 28.3. The molecular weight excluding hydrogens is 136 g/mol. The molecule has 57 valence electrons. The number of hydrogen-bond donors (Lipinski definition) is 0. The molecule has 1 aliphatic rings. The van der Waals surface area contributed by atoms with Crippen LogP contribution in [0.15, 0.2) is 0 Å². The number of ether oxygens (including phenoxy) is 1. The van der Waals surface area contributed by atoms with E-state index in [4.69, 9.17) is 4.74 Å². The van der Waals surface area contributed by atoms with Gasteiger partial charge in [0.2, 0.25) is 0 Å². The minimum atomic E-state index is -0.770. The first-order chi connectivity index (χ1) is 4.72. The maximum atomic E-state index is 10.2. The van der Waals surface area contributed by atoms with E-state index in [1.165, 1.54) is 6.61 Å². The zero-order chi connectivity index (χ0) is 7.56. The van der Waals surface area contributed by atoms with Crippen LogP contribution in [0.4, 0.5) is 0 Å². The maximum Gasteiger partial charge on any atom is 0.297 e. The number of nitro groups is 1. The molecule has 0 aliphatic carbocycles. The second kappa shape index (κ2) is 2.94. The van der Waals surface area contributed by atoms with Gasteiger partial charge in [-0.05, 0) is 7.05 Å². The molecule has 1 aliphatic heterocycles. The van der Waals surface area contributed by atoms with Crippen LogP contribution in [-0.2, 0) is 4.74 Å². The molecule has 1 heterocycles. The van der Waals surface area contributed by atoms with Crippen molar-refractivity contribution in [3.8, 4) is 0 Å². The number of hydrogen-bond acceptors (Lipinski definition) is 4. The lowest BCUT2D eigenvalue weighted by Crippen LogP contribution is -2.44. The zero-order valence-electron chi connectivity index (χ0n) is 5.69. The molecule has 1 saturated heterocycles. The fraction of sp³-hybridized carbons (Fsp3) is 0.800. The monoisotopic (exact) mass is 145 g/mol. The third-order valence-corrected chi connectivity index (χ3v) is 1.45. The van der Waals surface area contributed by atoms with Crippen molar-refractivity contribution in [3.05, 3.63) is 16.7 Å². The predicted molar refractivity (Wildman–Crippen MR) is 33.7 cm³/mol. The molecular formula is C5H9N2O3. The average Bonchev–Trinajstić information content (AvgIpc) is 1.88. The van der Waals surface area contributed by atoms with E-state index in [0.29, 0.717) is 13.2 Å². The predicted octanol–water partition coefficient (Wildman–Crippen LogP) is -0.287. The van der Waals surface area contributed by atoms with Gasteiger partial charge in [-0.1, -0.05) is 0 Å². The van der Waals surface area contributed by atoms with Gasteiger partial charge in [0, 0.05) is 11.5 Å². The van der Waals surface area contributed by atoms with Crippen molar-refractivity contribution in [2.45, 2.75) is 6.17 Å². The zero-order valence-corrected chi connectivity index (χ0v) is 5.69. The summed E-state index contributed by atoms with van der Waals surface area (Å²) in [5.41, 5.74) is 0. The molecule has 0 bridgehead atoms. The third kappa shape index (κ3) is 1.43. The summed E-state index contributed by atoms with van der Waals surface area (Å²) < 4.78 is 4.81. The van der Waals surface area contributed by atoms with Crippen molar-refractivity contribution in [1.82, 2.24) is 4.90 Å². The molecule has 1 atom stereocenters. The number of rotatable bonds is 1. The molecule has 0 aromatic carbocycles. The van der Waals surface area contributed by atoms with Crippen molar-refractivity contribution in [2.75, 3.05) is 20.2 Å². The van der Waals surface area contributed by atoms with Gasteiger partial charge in [0.25, 0.3) is 6.17 Å². The highest BCUT2D eigenvalue weighted by atomic mass is 16.6. The molecule has 0 spiro atoms. The summed E-state index contributed by atoms with van der Waals surface area (Å²) in [6.45, 7) is 2.41. The quantitative estimate of drug-likeness (QED) is 0.376. The molecule has 1 fully saturated rings. The highest BCUT2D eigenvalue weighted by Crippen LogP contribution is 2.07. The molecule has 1 radical (unpaired) electrons. The van der Waals surface area contributed by atoms with Crippen molar-refractivity contribution in [1.29, 1.82) is 0 Å². The van der Waals surface area contributed by atoms with E-state index < -0.39 is 6.17 Å². The van der Waals surface area contributed by atoms with E-state index in [1.807, 2.05) is 0 Å². The lowest BCUT2D eigenvalue weighted by atomic mass is 10.4. The standard InChI is InChI=1S/C5H9N2O3/c1-6-2-3-10-4-5(6)7(8)9/h4-5H,2-3H2,1H3. The van der Waals surface area contributed by atoms with Crippen LogP contribution in [0, 0.1) is 16.7 Å². The smallest absolute Gasteiger partial charge is 0.297 e. The molecule has 5 heteroatoms.